The number of hydrogen-bond acceptors (Lipinski definition) is 2. The standard InChI is InChI=1S/C9H16N2/c1-2-3-5-11-6-4-9(7-10)8-11/h9H,4-8,10H2,1H3. The second-order valence-corrected chi connectivity index (χ2v) is 3.05. The summed E-state index contributed by atoms with van der Waals surface area (Å²) in [6.45, 7) is 5.96. The predicted octanol–water partition coefficient (Wildman–Crippen LogP) is 0.290. The summed E-state index contributed by atoms with van der Waals surface area (Å²) in [5, 5.41) is 0. The number of nitrogens with zero attached hydrogens (tertiary/aromatic N) is 1. The molecule has 1 atom stereocenters. The van der Waals surface area contributed by atoms with E-state index in [0.29, 0.717) is 5.92 Å². The van der Waals surface area contributed by atoms with Gasteiger partial charge in [0.2, 0.25) is 0 Å². The molecule has 0 saturated carbocycles. The van der Waals surface area contributed by atoms with E-state index in [0.717, 1.165) is 19.6 Å². The largest absolute Gasteiger partial charge is 0.330 e. The van der Waals surface area contributed by atoms with Crippen molar-refractivity contribution in [3.8, 4) is 11.8 Å². The van der Waals surface area contributed by atoms with E-state index in [9.17, 15) is 0 Å². The van der Waals surface area contributed by atoms with Crippen LogP contribution in [0.1, 0.15) is 13.3 Å². The lowest BCUT2D eigenvalue weighted by atomic mass is 10.1. The molecule has 0 spiro atoms. The van der Waals surface area contributed by atoms with Gasteiger partial charge in [-0.1, -0.05) is 5.92 Å². The van der Waals surface area contributed by atoms with Crippen LogP contribution in [0.15, 0.2) is 0 Å². The molecule has 2 nitrogen and oxygen atoms in total. The lowest BCUT2D eigenvalue weighted by Crippen LogP contribution is -2.23. The van der Waals surface area contributed by atoms with E-state index >= 15 is 0 Å². The highest BCUT2D eigenvalue weighted by molar-refractivity contribution is 4.98. The Balaban J connectivity index is 2.22. The fourth-order valence-corrected chi connectivity index (χ4v) is 1.44. The van der Waals surface area contributed by atoms with Crippen molar-refractivity contribution >= 4 is 0 Å². The van der Waals surface area contributed by atoms with Crippen molar-refractivity contribution < 1.29 is 0 Å². The van der Waals surface area contributed by atoms with Crippen LogP contribution in [0.3, 0.4) is 0 Å². The number of likely N-dealkylation sites (tertiary alicyclic amines) is 1. The van der Waals surface area contributed by atoms with E-state index < -0.39 is 0 Å². The van der Waals surface area contributed by atoms with Gasteiger partial charge in [-0.25, -0.2) is 0 Å². The van der Waals surface area contributed by atoms with E-state index in [1.165, 1.54) is 13.0 Å². The van der Waals surface area contributed by atoms with Crippen LogP contribution < -0.4 is 5.73 Å². The van der Waals surface area contributed by atoms with Crippen molar-refractivity contribution in [3.05, 3.63) is 0 Å². The molecule has 1 saturated heterocycles. The Labute approximate surface area is 68.8 Å². The first kappa shape index (κ1) is 8.58. The highest BCUT2D eigenvalue weighted by Gasteiger charge is 2.19. The van der Waals surface area contributed by atoms with E-state index in [4.69, 9.17) is 5.73 Å². The summed E-state index contributed by atoms with van der Waals surface area (Å²) in [4.78, 5) is 2.37. The monoisotopic (exact) mass is 152 g/mol. The smallest absolute Gasteiger partial charge is 0.0601 e. The van der Waals surface area contributed by atoms with Crippen LogP contribution in [0.2, 0.25) is 0 Å². The Morgan fingerprint density at radius 1 is 1.64 bits per heavy atom. The average Bonchev–Trinajstić information content (AvgIpc) is 2.48. The summed E-state index contributed by atoms with van der Waals surface area (Å²) in [7, 11) is 0. The van der Waals surface area contributed by atoms with Gasteiger partial charge in [0.05, 0.1) is 6.54 Å². The predicted molar refractivity (Wildman–Crippen MR) is 47.1 cm³/mol. The Morgan fingerprint density at radius 3 is 3.00 bits per heavy atom. The Hall–Kier alpha value is -0.520. The summed E-state index contributed by atoms with van der Waals surface area (Å²) in [5.41, 5.74) is 5.56. The fraction of sp³-hybridized carbons (Fsp3) is 0.778. The maximum absolute atomic E-state index is 5.56. The van der Waals surface area contributed by atoms with Crippen molar-refractivity contribution in [1.29, 1.82) is 0 Å². The molecule has 1 rings (SSSR count). The van der Waals surface area contributed by atoms with Crippen molar-refractivity contribution in [2.75, 3.05) is 26.2 Å². The zero-order valence-corrected chi connectivity index (χ0v) is 7.14. The van der Waals surface area contributed by atoms with Crippen LogP contribution >= 0.6 is 0 Å². The molecule has 0 bridgehead atoms. The van der Waals surface area contributed by atoms with E-state index in [-0.39, 0.29) is 0 Å². The molecule has 11 heavy (non-hydrogen) atoms. The summed E-state index contributed by atoms with van der Waals surface area (Å²) >= 11 is 0. The topological polar surface area (TPSA) is 29.3 Å². The number of nitrogens with two attached hydrogens (primary N) is 1. The molecule has 0 aromatic rings. The Bertz CT molecular complexity index is 166. The van der Waals surface area contributed by atoms with Crippen molar-refractivity contribution in [3.63, 3.8) is 0 Å². The summed E-state index contributed by atoms with van der Waals surface area (Å²) in [5.74, 6) is 6.69. The molecule has 1 aliphatic heterocycles. The van der Waals surface area contributed by atoms with Gasteiger partial charge in [0.15, 0.2) is 0 Å². The first-order chi connectivity index (χ1) is 5.36. The summed E-state index contributed by atoms with van der Waals surface area (Å²) in [6, 6.07) is 0. The second kappa shape index (κ2) is 4.38. The minimum atomic E-state index is 0.716. The van der Waals surface area contributed by atoms with Crippen LogP contribution in [-0.4, -0.2) is 31.1 Å². The molecule has 0 aromatic heterocycles. The molecule has 62 valence electrons. The Morgan fingerprint density at radius 2 is 2.45 bits per heavy atom. The highest BCUT2D eigenvalue weighted by atomic mass is 15.1. The van der Waals surface area contributed by atoms with E-state index in [1.807, 2.05) is 6.92 Å². The van der Waals surface area contributed by atoms with Crippen LogP contribution in [0.5, 0.6) is 0 Å². The van der Waals surface area contributed by atoms with Gasteiger partial charge in [-0.3, -0.25) is 4.90 Å². The fourth-order valence-electron chi connectivity index (χ4n) is 1.44. The van der Waals surface area contributed by atoms with E-state index in [1.54, 1.807) is 0 Å². The Kier molecular flexibility index (Phi) is 3.41. The van der Waals surface area contributed by atoms with Gasteiger partial charge in [0.1, 0.15) is 0 Å². The molecule has 0 amide bonds. The zero-order chi connectivity index (χ0) is 8.10. The molecule has 0 aliphatic carbocycles. The van der Waals surface area contributed by atoms with Crippen molar-refractivity contribution in [2.24, 2.45) is 11.7 Å². The molecule has 0 aromatic carbocycles. The van der Waals surface area contributed by atoms with Crippen LogP contribution in [0.25, 0.3) is 0 Å². The summed E-state index contributed by atoms with van der Waals surface area (Å²) in [6.07, 6.45) is 1.25. The first-order valence-corrected chi connectivity index (χ1v) is 4.19. The first-order valence-electron chi connectivity index (χ1n) is 4.19. The molecule has 1 heterocycles. The minimum Gasteiger partial charge on any atom is -0.330 e. The molecule has 1 fully saturated rings. The SMILES string of the molecule is CC#CCN1CCC(CN)C1. The molecule has 1 unspecified atom stereocenters. The van der Waals surface area contributed by atoms with Crippen molar-refractivity contribution in [2.45, 2.75) is 13.3 Å². The van der Waals surface area contributed by atoms with Gasteiger partial charge in [0.25, 0.3) is 0 Å². The third-order valence-corrected chi connectivity index (χ3v) is 2.18. The molecule has 2 heteroatoms. The molecular weight excluding hydrogens is 136 g/mol. The third kappa shape index (κ3) is 2.53. The molecular formula is C9H16N2. The van der Waals surface area contributed by atoms with E-state index in [2.05, 4.69) is 16.7 Å². The number of rotatable bonds is 2. The third-order valence-electron chi connectivity index (χ3n) is 2.18. The lowest BCUT2D eigenvalue weighted by Gasteiger charge is -2.10. The van der Waals surface area contributed by atoms with Gasteiger partial charge >= 0.3 is 0 Å². The number of hydrogen-bond donors (Lipinski definition) is 1. The van der Waals surface area contributed by atoms with Gasteiger partial charge in [-0.05, 0) is 32.4 Å². The van der Waals surface area contributed by atoms with Crippen LogP contribution in [0.4, 0.5) is 0 Å². The van der Waals surface area contributed by atoms with Crippen LogP contribution in [0, 0.1) is 17.8 Å². The van der Waals surface area contributed by atoms with Gasteiger partial charge in [0, 0.05) is 6.54 Å². The molecule has 1 aliphatic rings. The molecule has 0 radical (unpaired) electrons. The zero-order valence-electron chi connectivity index (χ0n) is 7.14. The van der Waals surface area contributed by atoms with Crippen molar-refractivity contribution in [1.82, 2.24) is 4.90 Å². The van der Waals surface area contributed by atoms with Gasteiger partial charge in [-0.2, -0.15) is 0 Å². The van der Waals surface area contributed by atoms with Gasteiger partial charge in [-0.15, -0.1) is 5.92 Å². The van der Waals surface area contributed by atoms with Gasteiger partial charge < -0.3 is 5.73 Å². The summed E-state index contributed by atoms with van der Waals surface area (Å²) < 4.78 is 0. The maximum Gasteiger partial charge on any atom is 0.0601 e. The quantitative estimate of drug-likeness (QED) is 0.576. The normalized spacial score (nSPS) is 24.7. The van der Waals surface area contributed by atoms with Crippen LogP contribution in [-0.2, 0) is 0 Å². The lowest BCUT2D eigenvalue weighted by molar-refractivity contribution is 0.366. The average molecular weight is 152 g/mol. The highest BCUT2D eigenvalue weighted by Crippen LogP contribution is 2.13. The second-order valence-electron chi connectivity index (χ2n) is 3.05. The minimum absolute atomic E-state index is 0.716. The maximum atomic E-state index is 5.56. The molecule has 2 N–H and O–H groups in total.